The largest absolute Gasteiger partial charge is 0.383 e. The molecule has 88 valence electrons. The minimum absolute atomic E-state index is 0.572. The van der Waals surface area contributed by atoms with Crippen molar-refractivity contribution in [3.63, 3.8) is 0 Å². The summed E-state index contributed by atoms with van der Waals surface area (Å²) in [6, 6.07) is 8.12. The van der Waals surface area contributed by atoms with E-state index in [1.807, 2.05) is 26.0 Å². The quantitative estimate of drug-likeness (QED) is 0.925. The van der Waals surface area contributed by atoms with Gasteiger partial charge in [-0.15, -0.1) is 0 Å². The van der Waals surface area contributed by atoms with Gasteiger partial charge in [-0.25, -0.2) is 9.97 Å². The monoisotopic (exact) mass is 291 g/mol. The summed E-state index contributed by atoms with van der Waals surface area (Å²) >= 11 is 3.45. The molecule has 1 heterocycles. The van der Waals surface area contributed by atoms with Crippen molar-refractivity contribution in [2.24, 2.45) is 0 Å². The van der Waals surface area contributed by atoms with Crippen molar-refractivity contribution < 1.29 is 0 Å². The lowest BCUT2D eigenvalue weighted by Gasteiger charge is -2.07. The van der Waals surface area contributed by atoms with Gasteiger partial charge in [0.15, 0.2) is 0 Å². The number of anilines is 1. The molecule has 0 radical (unpaired) electrons. The summed E-state index contributed by atoms with van der Waals surface area (Å²) in [4.78, 5) is 8.76. The molecule has 4 heteroatoms. The summed E-state index contributed by atoms with van der Waals surface area (Å²) in [6.45, 7) is 3.89. The number of benzene rings is 1. The van der Waals surface area contributed by atoms with Crippen molar-refractivity contribution in [3.8, 4) is 0 Å². The number of nitrogen functional groups attached to an aromatic ring is 1. The van der Waals surface area contributed by atoms with Crippen LogP contribution in [0.3, 0.4) is 0 Å². The van der Waals surface area contributed by atoms with Crippen LogP contribution in [0.2, 0.25) is 0 Å². The van der Waals surface area contributed by atoms with Gasteiger partial charge in [0.2, 0.25) is 0 Å². The second kappa shape index (κ2) is 4.84. The van der Waals surface area contributed by atoms with E-state index in [4.69, 9.17) is 5.73 Å². The van der Waals surface area contributed by atoms with Crippen LogP contribution in [0.5, 0.6) is 0 Å². The Morgan fingerprint density at radius 3 is 2.65 bits per heavy atom. The Morgan fingerprint density at radius 2 is 2.00 bits per heavy atom. The molecule has 0 bridgehead atoms. The van der Waals surface area contributed by atoms with Crippen LogP contribution in [0.15, 0.2) is 28.7 Å². The van der Waals surface area contributed by atoms with Crippen LogP contribution in [0.4, 0.5) is 5.82 Å². The summed E-state index contributed by atoms with van der Waals surface area (Å²) in [6.07, 6.45) is 0.699. The van der Waals surface area contributed by atoms with E-state index in [0.29, 0.717) is 12.2 Å². The third kappa shape index (κ3) is 2.82. The van der Waals surface area contributed by atoms with E-state index in [9.17, 15) is 0 Å². The first-order valence-corrected chi connectivity index (χ1v) is 6.19. The lowest BCUT2D eigenvalue weighted by Crippen LogP contribution is -2.05. The normalized spacial score (nSPS) is 10.5. The minimum atomic E-state index is 0.572. The predicted molar refractivity (Wildman–Crippen MR) is 72.9 cm³/mol. The van der Waals surface area contributed by atoms with E-state index in [0.717, 1.165) is 21.6 Å². The fraction of sp³-hybridized carbons (Fsp3) is 0.231. The van der Waals surface area contributed by atoms with Gasteiger partial charge in [-0.1, -0.05) is 28.1 Å². The first kappa shape index (κ1) is 12.0. The molecule has 1 aromatic carbocycles. The number of halogens is 1. The van der Waals surface area contributed by atoms with Crippen LogP contribution in [0.25, 0.3) is 0 Å². The molecule has 2 rings (SSSR count). The molecule has 0 saturated carbocycles. The van der Waals surface area contributed by atoms with Crippen molar-refractivity contribution >= 4 is 21.7 Å². The number of hydrogen-bond donors (Lipinski definition) is 1. The summed E-state index contributed by atoms with van der Waals surface area (Å²) in [5.41, 5.74) is 8.92. The Hall–Kier alpha value is -1.42. The highest BCUT2D eigenvalue weighted by atomic mass is 79.9. The van der Waals surface area contributed by atoms with E-state index in [1.54, 1.807) is 0 Å². The molecular weight excluding hydrogens is 278 g/mol. The third-order valence-corrected chi connectivity index (χ3v) is 3.22. The molecule has 2 aromatic rings. The van der Waals surface area contributed by atoms with Crippen LogP contribution in [-0.2, 0) is 6.42 Å². The smallest absolute Gasteiger partial charge is 0.135 e. The van der Waals surface area contributed by atoms with Crippen molar-refractivity contribution in [2.75, 3.05) is 5.73 Å². The zero-order valence-electron chi connectivity index (χ0n) is 9.87. The second-order valence-electron chi connectivity index (χ2n) is 4.04. The molecular formula is C13H14BrN3. The molecule has 0 aliphatic heterocycles. The molecule has 0 spiro atoms. The average Bonchev–Trinajstić information content (AvgIpc) is 2.26. The van der Waals surface area contributed by atoms with Crippen LogP contribution >= 0.6 is 15.9 Å². The van der Waals surface area contributed by atoms with Crippen LogP contribution < -0.4 is 5.73 Å². The van der Waals surface area contributed by atoms with Crippen LogP contribution in [-0.4, -0.2) is 9.97 Å². The van der Waals surface area contributed by atoms with Gasteiger partial charge in [-0.2, -0.15) is 0 Å². The maximum Gasteiger partial charge on any atom is 0.135 e. The standard InChI is InChI=1S/C13H14BrN3/c1-8-9(2)16-12(17-13(8)15)7-10-4-3-5-11(14)6-10/h3-6H,7H2,1-2H3,(H2,15,16,17). The number of aryl methyl sites for hydroxylation is 1. The Bertz CT molecular complexity index is 529. The number of nitrogens with two attached hydrogens (primary N) is 1. The molecule has 0 saturated heterocycles. The highest BCUT2D eigenvalue weighted by Crippen LogP contribution is 2.16. The lowest BCUT2D eigenvalue weighted by molar-refractivity contribution is 0.933. The molecule has 1 aromatic heterocycles. The van der Waals surface area contributed by atoms with E-state index >= 15 is 0 Å². The number of rotatable bonds is 2. The van der Waals surface area contributed by atoms with Gasteiger partial charge < -0.3 is 5.73 Å². The molecule has 0 aliphatic rings. The fourth-order valence-corrected chi connectivity index (χ4v) is 2.07. The van der Waals surface area contributed by atoms with Crippen LogP contribution in [0, 0.1) is 13.8 Å². The van der Waals surface area contributed by atoms with Gasteiger partial charge in [0, 0.05) is 22.2 Å². The zero-order chi connectivity index (χ0) is 12.4. The summed E-state index contributed by atoms with van der Waals surface area (Å²) < 4.78 is 1.06. The summed E-state index contributed by atoms with van der Waals surface area (Å²) in [5.74, 6) is 1.34. The average molecular weight is 292 g/mol. The van der Waals surface area contributed by atoms with E-state index in [-0.39, 0.29) is 0 Å². The van der Waals surface area contributed by atoms with E-state index in [1.165, 1.54) is 5.56 Å². The molecule has 0 atom stereocenters. The van der Waals surface area contributed by atoms with Crippen molar-refractivity contribution in [1.29, 1.82) is 0 Å². The van der Waals surface area contributed by atoms with Crippen LogP contribution in [0.1, 0.15) is 22.6 Å². The second-order valence-corrected chi connectivity index (χ2v) is 4.96. The highest BCUT2D eigenvalue weighted by molar-refractivity contribution is 9.10. The fourth-order valence-electron chi connectivity index (χ4n) is 1.62. The molecule has 0 aliphatic carbocycles. The maximum atomic E-state index is 5.84. The van der Waals surface area contributed by atoms with Gasteiger partial charge in [0.1, 0.15) is 11.6 Å². The molecule has 2 N–H and O–H groups in total. The van der Waals surface area contributed by atoms with Gasteiger partial charge >= 0.3 is 0 Å². The first-order valence-electron chi connectivity index (χ1n) is 5.40. The van der Waals surface area contributed by atoms with Crippen molar-refractivity contribution in [1.82, 2.24) is 9.97 Å². The molecule has 3 nitrogen and oxygen atoms in total. The summed E-state index contributed by atoms with van der Waals surface area (Å²) in [7, 11) is 0. The van der Waals surface area contributed by atoms with Gasteiger partial charge in [0.25, 0.3) is 0 Å². The predicted octanol–water partition coefficient (Wildman–Crippen LogP) is 3.03. The lowest BCUT2D eigenvalue weighted by atomic mass is 10.1. The Morgan fingerprint density at radius 1 is 1.24 bits per heavy atom. The minimum Gasteiger partial charge on any atom is -0.383 e. The molecule has 17 heavy (non-hydrogen) atoms. The van der Waals surface area contributed by atoms with Gasteiger partial charge in [-0.3, -0.25) is 0 Å². The Labute approximate surface area is 109 Å². The topological polar surface area (TPSA) is 51.8 Å². The SMILES string of the molecule is Cc1nc(Cc2cccc(Br)c2)nc(N)c1C. The number of nitrogens with zero attached hydrogens (tertiary/aromatic N) is 2. The van der Waals surface area contributed by atoms with Gasteiger partial charge in [0.05, 0.1) is 0 Å². The third-order valence-electron chi connectivity index (χ3n) is 2.72. The highest BCUT2D eigenvalue weighted by Gasteiger charge is 2.06. The molecule has 0 unspecified atom stereocenters. The Balaban J connectivity index is 2.31. The maximum absolute atomic E-state index is 5.84. The number of hydrogen-bond acceptors (Lipinski definition) is 3. The zero-order valence-corrected chi connectivity index (χ0v) is 11.5. The van der Waals surface area contributed by atoms with E-state index in [2.05, 4.69) is 38.0 Å². The first-order chi connectivity index (χ1) is 8.06. The molecule has 0 fully saturated rings. The Kier molecular flexibility index (Phi) is 3.43. The summed E-state index contributed by atoms with van der Waals surface area (Å²) in [5, 5.41) is 0. The van der Waals surface area contributed by atoms with Crippen molar-refractivity contribution in [3.05, 3.63) is 51.4 Å². The van der Waals surface area contributed by atoms with E-state index < -0.39 is 0 Å². The van der Waals surface area contributed by atoms with Crippen molar-refractivity contribution in [2.45, 2.75) is 20.3 Å². The number of aromatic nitrogens is 2. The van der Waals surface area contributed by atoms with Gasteiger partial charge in [-0.05, 0) is 31.5 Å². The molecule has 0 amide bonds.